The Bertz CT molecular complexity index is 501. The standard InChI is InChI=1S/C17H24O3/c1-10(2)20-17-12(4)11(3)5-8-14(17)15(9-16(18)19)13-6-7-13/h5,8,10,13,15H,6-7,9H2,1-4H3,(H,18,19). The molecule has 110 valence electrons. The SMILES string of the molecule is Cc1ccc(C(CC(=O)O)C2CC2)c(OC(C)C)c1C. The number of carbonyl (C=O) groups is 1. The van der Waals surface area contributed by atoms with Crippen molar-refractivity contribution in [1.82, 2.24) is 0 Å². The molecule has 3 nitrogen and oxygen atoms in total. The number of aliphatic carboxylic acids is 1. The second-order valence-corrected chi connectivity index (χ2v) is 6.13. The predicted molar refractivity (Wildman–Crippen MR) is 79.4 cm³/mol. The van der Waals surface area contributed by atoms with Crippen LogP contribution in [0, 0.1) is 19.8 Å². The maximum atomic E-state index is 11.2. The van der Waals surface area contributed by atoms with Gasteiger partial charge in [-0.2, -0.15) is 0 Å². The summed E-state index contributed by atoms with van der Waals surface area (Å²) in [6, 6.07) is 4.14. The van der Waals surface area contributed by atoms with Gasteiger partial charge in [0.25, 0.3) is 0 Å². The lowest BCUT2D eigenvalue weighted by molar-refractivity contribution is -0.137. The van der Waals surface area contributed by atoms with E-state index in [1.165, 1.54) is 5.56 Å². The van der Waals surface area contributed by atoms with Crippen molar-refractivity contribution in [2.75, 3.05) is 0 Å². The molecule has 0 bridgehead atoms. The number of hydrogen-bond donors (Lipinski definition) is 1. The topological polar surface area (TPSA) is 46.5 Å². The van der Waals surface area contributed by atoms with Crippen LogP contribution < -0.4 is 4.74 Å². The summed E-state index contributed by atoms with van der Waals surface area (Å²) in [6.45, 7) is 8.14. The van der Waals surface area contributed by atoms with Gasteiger partial charge in [-0.3, -0.25) is 4.79 Å². The number of rotatable bonds is 6. The summed E-state index contributed by atoms with van der Waals surface area (Å²) in [4.78, 5) is 11.2. The van der Waals surface area contributed by atoms with Crippen molar-refractivity contribution in [2.45, 2.75) is 59.0 Å². The van der Waals surface area contributed by atoms with Crippen LogP contribution in [0.15, 0.2) is 12.1 Å². The molecular formula is C17H24O3. The number of carboxylic acid groups (broad SMARTS) is 1. The number of aryl methyl sites for hydroxylation is 1. The monoisotopic (exact) mass is 276 g/mol. The molecule has 1 unspecified atom stereocenters. The van der Waals surface area contributed by atoms with Crippen LogP contribution in [0.5, 0.6) is 5.75 Å². The van der Waals surface area contributed by atoms with Gasteiger partial charge in [0, 0.05) is 5.92 Å². The normalized spacial score (nSPS) is 16.2. The van der Waals surface area contributed by atoms with Crippen LogP contribution in [-0.4, -0.2) is 17.2 Å². The number of carboxylic acids is 1. The molecule has 1 aromatic rings. The zero-order chi connectivity index (χ0) is 14.9. The first kappa shape index (κ1) is 14.9. The molecule has 1 aliphatic rings. The molecule has 1 atom stereocenters. The fraction of sp³-hybridized carbons (Fsp3) is 0.588. The van der Waals surface area contributed by atoms with Gasteiger partial charge >= 0.3 is 5.97 Å². The molecule has 1 aliphatic carbocycles. The van der Waals surface area contributed by atoms with E-state index in [1.807, 2.05) is 13.8 Å². The Morgan fingerprint density at radius 3 is 2.50 bits per heavy atom. The van der Waals surface area contributed by atoms with E-state index in [9.17, 15) is 9.90 Å². The molecular weight excluding hydrogens is 252 g/mol. The van der Waals surface area contributed by atoms with Gasteiger partial charge in [-0.15, -0.1) is 0 Å². The minimum atomic E-state index is -0.726. The predicted octanol–water partition coefficient (Wildman–Crippen LogP) is 4.06. The van der Waals surface area contributed by atoms with Crippen LogP contribution in [0.25, 0.3) is 0 Å². The minimum absolute atomic E-state index is 0.0838. The summed E-state index contributed by atoms with van der Waals surface area (Å²) in [7, 11) is 0. The van der Waals surface area contributed by atoms with Crippen molar-refractivity contribution >= 4 is 5.97 Å². The van der Waals surface area contributed by atoms with Gasteiger partial charge in [0.2, 0.25) is 0 Å². The molecule has 0 amide bonds. The molecule has 1 N–H and O–H groups in total. The summed E-state index contributed by atoms with van der Waals surface area (Å²) >= 11 is 0. The third-order valence-corrected chi connectivity index (χ3v) is 4.05. The first-order valence-electron chi connectivity index (χ1n) is 7.38. The van der Waals surface area contributed by atoms with Crippen LogP contribution in [0.1, 0.15) is 55.7 Å². The van der Waals surface area contributed by atoms with Crippen LogP contribution in [0.4, 0.5) is 0 Å². The van der Waals surface area contributed by atoms with E-state index in [1.54, 1.807) is 0 Å². The molecule has 1 fully saturated rings. The van der Waals surface area contributed by atoms with Gasteiger partial charge < -0.3 is 9.84 Å². The largest absolute Gasteiger partial charge is 0.490 e. The Morgan fingerprint density at radius 1 is 1.35 bits per heavy atom. The lowest BCUT2D eigenvalue weighted by Gasteiger charge is -2.23. The van der Waals surface area contributed by atoms with Crippen LogP contribution in [0.2, 0.25) is 0 Å². The molecule has 0 aromatic heterocycles. The highest BCUT2D eigenvalue weighted by Crippen LogP contribution is 2.48. The molecule has 0 heterocycles. The molecule has 20 heavy (non-hydrogen) atoms. The summed E-state index contributed by atoms with van der Waals surface area (Å²) in [5, 5.41) is 9.18. The van der Waals surface area contributed by atoms with E-state index in [4.69, 9.17) is 4.74 Å². The maximum Gasteiger partial charge on any atom is 0.303 e. The van der Waals surface area contributed by atoms with E-state index >= 15 is 0 Å². The molecule has 0 saturated heterocycles. The number of benzene rings is 1. The summed E-state index contributed by atoms with van der Waals surface area (Å²) in [6.07, 6.45) is 2.55. The zero-order valence-corrected chi connectivity index (χ0v) is 12.8. The van der Waals surface area contributed by atoms with Crippen LogP contribution in [-0.2, 0) is 4.79 Å². The Kier molecular flexibility index (Phi) is 4.36. The molecule has 1 saturated carbocycles. The van der Waals surface area contributed by atoms with E-state index in [-0.39, 0.29) is 18.4 Å². The van der Waals surface area contributed by atoms with E-state index < -0.39 is 5.97 Å². The van der Waals surface area contributed by atoms with Crippen molar-refractivity contribution in [3.63, 3.8) is 0 Å². The lowest BCUT2D eigenvalue weighted by atomic mass is 9.88. The average Bonchev–Trinajstić information content (AvgIpc) is 3.16. The van der Waals surface area contributed by atoms with Gasteiger partial charge in [-0.25, -0.2) is 0 Å². The van der Waals surface area contributed by atoms with Gasteiger partial charge in [0.05, 0.1) is 12.5 Å². The first-order valence-corrected chi connectivity index (χ1v) is 7.38. The van der Waals surface area contributed by atoms with Gasteiger partial charge in [-0.05, 0) is 63.1 Å². The quantitative estimate of drug-likeness (QED) is 0.852. The third-order valence-electron chi connectivity index (χ3n) is 4.05. The van der Waals surface area contributed by atoms with Crippen LogP contribution >= 0.6 is 0 Å². The first-order chi connectivity index (χ1) is 9.40. The molecule has 2 rings (SSSR count). The molecule has 3 heteroatoms. The summed E-state index contributed by atoms with van der Waals surface area (Å²) in [5.41, 5.74) is 3.40. The van der Waals surface area contributed by atoms with Gasteiger partial charge in [0.15, 0.2) is 0 Å². The van der Waals surface area contributed by atoms with Crippen molar-refractivity contribution in [3.05, 3.63) is 28.8 Å². The Labute approximate surface area is 121 Å². The second-order valence-electron chi connectivity index (χ2n) is 6.13. The highest BCUT2D eigenvalue weighted by molar-refractivity contribution is 5.68. The van der Waals surface area contributed by atoms with Crippen molar-refractivity contribution in [2.24, 2.45) is 5.92 Å². The van der Waals surface area contributed by atoms with Crippen molar-refractivity contribution in [3.8, 4) is 5.75 Å². The third kappa shape index (κ3) is 3.33. The Balaban J connectivity index is 2.42. The molecule has 0 aliphatic heterocycles. The summed E-state index contributed by atoms with van der Waals surface area (Å²) < 4.78 is 6.00. The number of hydrogen-bond acceptors (Lipinski definition) is 2. The maximum absolute atomic E-state index is 11.2. The smallest absolute Gasteiger partial charge is 0.303 e. The Morgan fingerprint density at radius 2 is 2.00 bits per heavy atom. The van der Waals surface area contributed by atoms with Crippen molar-refractivity contribution < 1.29 is 14.6 Å². The lowest BCUT2D eigenvalue weighted by Crippen LogP contribution is -2.14. The van der Waals surface area contributed by atoms with E-state index in [0.29, 0.717) is 5.92 Å². The number of ether oxygens (including phenoxy) is 1. The zero-order valence-electron chi connectivity index (χ0n) is 12.8. The Hall–Kier alpha value is -1.51. The van der Waals surface area contributed by atoms with E-state index in [2.05, 4.69) is 26.0 Å². The highest BCUT2D eigenvalue weighted by atomic mass is 16.5. The average molecular weight is 276 g/mol. The van der Waals surface area contributed by atoms with Gasteiger partial charge in [0.1, 0.15) is 5.75 Å². The van der Waals surface area contributed by atoms with Crippen LogP contribution in [0.3, 0.4) is 0 Å². The van der Waals surface area contributed by atoms with Crippen molar-refractivity contribution in [1.29, 1.82) is 0 Å². The molecule has 0 spiro atoms. The fourth-order valence-electron chi connectivity index (χ4n) is 2.71. The fourth-order valence-corrected chi connectivity index (χ4v) is 2.71. The molecule has 0 radical (unpaired) electrons. The molecule has 1 aromatic carbocycles. The van der Waals surface area contributed by atoms with E-state index in [0.717, 1.165) is 29.7 Å². The van der Waals surface area contributed by atoms with Gasteiger partial charge in [-0.1, -0.05) is 12.1 Å². The minimum Gasteiger partial charge on any atom is -0.490 e. The highest BCUT2D eigenvalue weighted by Gasteiger charge is 2.35. The second kappa shape index (κ2) is 5.86. The summed E-state index contributed by atoms with van der Waals surface area (Å²) in [5.74, 6) is 0.761.